The summed E-state index contributed by atoms with van der Waals surface area (Å²) in [6.07, 6.45) is -0.00649. The van der Waals surface area contributed by atoms with Crippen LogP contribution in [0.4, 0.5) is 0 Å². The normalized spacial score (nSPS) is 11.9. The van der Waals surface area contributed by atoms with E-state index in [4.69, 9.17) is 21.1 Å². The molecule has 206 valence electrons. The fourth-order valence-corrected chi connectivity index (χ4v) is 5.61. The summed E-state index contributed by atoms with van der Waals surface area (Å²) in [5.74, 6) is -0.157. The van der Waals surface area contributed by atoms with E-state index in [1.165, 1.54) is 0 Å². The number of aliphatic hydroxyl groups is 1. The minimum atomic E-state index is -3.80. The van der Waals surface area contributed by atoms with Crippen LogP contribution in [0.2, 0.25) is 5.02 Å². The van der Waals surface area contributed by atoms with Crippen LogP contribution in [0.1, 0.15) is 35.3 Å². The van der Waals surface area contributed by atoms with Crippen LogP contribution in [-0.2, 0) is 25.8 Å². The number of esters is 1. The largest absolute Gasteiger partial charge is 0.481 e. The second-order valence-electron chi connectivity index (χ2n) is 8.60. The summed E-state index contributed by atoms with van der Waals surface area (Å²) in [5, 5.41) is 14.1. The van der Waals surface area contributed by atoms with Crippen LogP contribution in [-0.4, -0.2) is 45.8 Å². The highest BCUT2D eigenvalue weighted by Gasteiger charge is 2.23. The van der Waals surface area contributed by atoms with Gasteiger partial charge in [-0.15, -0.1) is 12.4 Å². The van der Waals surface area contributed by atoms with Gasteiger partial charge in [-0.05, 0) is 80.8 Å². The molecule has 0 amide bonds. The number of aryl methyl sites for hydroxylation is 1. The van der Waals surface area contributed by atoms with Crippen LogP contribution in [0.25, 0.3) is 0 Å². The van der Waals surface area contributed by atoms with E-state index in [0.717, 1.165) is 16.7 Å². The quantitative estimate of drug-likeness (QED) is 0.229. The number of aliphatic hydroxyl groups excluding tert-OH is 1. The maximum atomic E-state index is 13.4. The Balaban J connectivity index is 0.00000507. The molecule has 0 radical (unpaired) electrons. The van der Waals surface area contributed by atoms with Gasteiger partial charge in [0.2, 0.25) is 9.84 Å². The number of nitrogens with one attached hydrogen (secondary N) is 1. The Morgan fingerprint density at radius 3 is 2.45 bits per heavy atom. The van der Waals surface area contributed by atoms with Gasteiger partial charge in [0.15, 0.2) is 6.61 Å². The average molecular weight is 583 g/mol. The summed E-state index contributed by atoms with van der Waals surface area (Å²) in [5.41, 5.74) is 2.87. The van der Waals surface area contributed by atoms with E-state index in [1.807, 2.05) is 6.07 Å². The predicted octanol–water partition coefficient (Wildman–Crippen LogP) is 5.02. The van der Waals surface area contributed by atoms with E-state index < -0.39 is 21.9 Å². The molecule has 0 bridgehead atoms. The zero-order valence-electron chi connectivity index (χ0n) is 21.6. The van der Waals surface area contributed by atoms with Gasteiger partial charge >= 0.3 is 5.97 Å². The van der Waals surface area contributed by atoms with Crippen molar-refractivity contribution in [2.24, 2.45) is 0 Å². The molecule has 0 aromatic heterocycles. The molecule has 2 N–H and O–H groups in total. The molecule has 3 aromatic carbocycles. The fraction of sp³-hybridized carbons (Fsp3) is 0.321. The van der Waals surface area contributed by atoms with Crippen LogP contribution >= 0.6 is 24.0 Å². The Labute approximate surface area is 235 Å². The zero-order chi connectivity index (χ0) is 27.0. The molecular weight excluding hydrogens is 549 g/mol. The minimum Gasteiger partial charge on any atom is -0.481 e. The van der Waals surface area contributed by atoms with Crippen LogP contribution in [0.5, 0.6) is 5.75 Å². The second-order valence-corrected chi connectivity index (χ2v) is 11.0. The van der Waals surface area contributed by atoms with Gasteiger partial charge in [-0.25, -0.2) is 13.2 Å². The molecule has 10 heteroatoms. The molecule has 0 aliphatic heterocycles. The Morgan fingerprint density at radius 2 is 1.79 bits per heavy atom. The van der Waals surface area contributed by atoms with Crippen LogP contribution < -0.4 is 10.1 Å². The number of carbonyl (C=O) groups is 1. The molecule has 38 heavy (non-hydrogen) atoms. The summed E-state index contributed by atoms with van der Waals surface area (Å²) >= 11 is 5.98. The summed E-state index contributed by atoms with van der Waals surface area (Å²) in [4.78, 5) is 12.0. The lowest BCUT2D eigenvalue weighted by Gasteiger charge is -2.16. The Morgan fingerprint density at radius 1 is 1.08 bits per heavy atom. The fourth-order valence-electron chi connectivity index (χ4n) is 3.92. The number of halogens is 2. The zero-order valence-corrected chi connectivity index (χ0v) is 24.0. The van der Waals surface area contributed by atoms with Crippen molar-refractivity contribution in [3.63, 3.8) is 0 Å². The summed E-state index contributed by atoms with van der Waals surface area (Å²) in [7, 11) is -3.80. The molecule has 3 rings (SSSR count). The lowest BCUT2D eigenvalue weighted by Crippen LogP contribution is -2.23. The summed E-state index contributed by atoms with van der Waals surface area (Å²) in [6, 6.07) is 17.1. The van der Waals surface area contributed by atoms with E-state index in [0.29, 0.717) is 35.8 Å². The summed E-state index contributed by atoms with van der Waals surface area (Å²) in [6.45, 7) is 6.10. The maximum Gasteiger partial charge on any atom is 0.344 e. The average Bonchev–Trinajstić information content (AvgIpc) is 2.86. The number of carbonyl (C=O) groups excluding carboxylic acids is 1. The maximum absolute atomic E-state index is 13.4. The first-order chi connectivity index (χ1) is 17.6. The van der Waals surface area contributed by atoms with Gasteiger partial charge in [-0.3, -0.25) is 0 Å². The molecule has 0 unspecified atom stereocenters. The van der Waals surface area contributed by atoms with Crippen molar-refractivity contribution in [1.29, 1.82) is 0 Å². The van der Waals surface area contributed by atoms with E-state index in [1.54, 1.807) is 75.4 Å². The lowest BCUT2D eigenvalue weighted by molar-refractivity contribution is -0.145. The van der Waals surface area contributed by atoms with Gasteiger partial charge in [-0.1, -0.05) is 41.9 Å². The topological polar surface area (TPSA) is 102 Å². The van der Waals surface area contributed by atoms with E-state index >= 15 is 0 Å². The molecular formula is C28H33Cl2NO6S. The van der Waals surface area contributed by atoms with Crippen molar-refractivity contribution in [3.8, 4) is 5.75 Å². The highest BCUT2D eigenvalue weighted by atomic mass is 35.5. The van der Waals surface area contributed by atoms with Crippen molar-refractivity contribution in [2.75, 3.05) is 26.3 Å². The Bertz CT molecular complexity index is 1330. The third-order valence-electron chi connectivity index (χ3n) is 5.88. The third kappa shape index (κ3) is 8.19. The SMILES string of the molecule is CCOC(=O)COc1c(C)ccc(S(=O)(=O)c2ccc(CCNC[C@H](O)c3cccc(Cl)c3)cc2)c1C.Cl. The van der Waals surface area contributed by atoms with Crippen LogP contribution in [0.15, 0.2) is 70.5 Å². The highest BCUT2D eigenvalue weighted by Crippen LogP contribution is 2.32. The van der Waals surface area contributed by atoms with Gasteiger partial charge in [-0.2, -0.15) is 0 Å². The van der Waals surface area contributed by atoms with Crippen LogP contribution in [0.3, 0.4) is 0 Å². The Hall–Kier alpha value is -2.62. The lowest BCUT2D eigenvalue weighted by atomic mass is 10.1. The van der Waals surface area contributed by atoms with Gasteiger partial charge in [0.05, 0.1) is 22.5 Å². The molecule has 0 aliphatic carbocycles. The second kappa shape index (κ2) is 14.5. The van der Waals surface area contributed by atoms with E-state index in [2.05, 4.69) is 5.32 Å². The first-order valence-corrected chi connectivity index (χ1v) is 13.9. The number of rotatable bonds is 12. The van der Waals surface area contributed by atoms with Gasteiger partial charge in [0.25, 0.3) is 0 Å². The first-order valence-electron chi connectivity index (χ1n) is 12.0. The van der Waals surface area contributed by atoms with Crippen molar-refractivity contribution >= 4 is 39.8 Å². The molecule has 1 atom stereocenters. The van der Waals surface area contributed by atoms with E-state index in [-0.39, 0.29) is 35.4 Å². The molecule has 0 saturated carbocycles. The van der Waals surface area contributed by atoms with Gasteiger partial charge in [0.1, 0.15) is 5.75 Å². The van der Waals surface area contributed by atoms with Crippen molar-refractivity contribution in [3.05, 3.63) is 87.9 Å². The molecule has 3 aromatic rings. The van der Waals surface area contributed by atoms with Crippen molar-refractivity contribution < 1.29 is 27.8 Å². The molecule has 0 heterocycles. The number of hydrogen-bond acceptors (Lipinski definition) is 7. The van der Waals surface area contributed by atoms with Gasteiger partial charge in [0, 0.05) is 17.1 Å². The van der Waals surface area contributed by atoms with Crippen molar-refractivity contribution in [1.82, 2.24) is 5.32 Å². The van der Waals surface area contributed by atoms with Crippen molar-refractivity contribution in [2.45, 2.75) is 43.1 Å². The smallest absolute Gasteiger partial charge is 0.344 e. The predicted molar refractivity (Wildman–Crippen MR) is 150 cm³/mol. The molecule has 0 fully saturated rings. The Kier molecular flexibility index (Phi) is 12.1. The first kappa shape index (κ1) is 31.6. The standard InChI is InChI=1S/C28H32ClNO6S.ClH/c1-4-35-27(32)18-36-28-19(2)8-13-26(20(28)3)37(33,34)24-11-9-21(10-12-24)14-15-30-17-25(31)22-6-5-7-23(29)16-22;/h5-13,16,25,30-31H,4,14-15,17-18H2,1-3H3;1H/t25-;/m0./s1. The highest BCUT2D eigenvalue weighted by molar-refractivity contribution is 7.91. The molecule has 0 saturated heterocycles. The minimum absolute atomic E-state index is 0. The molecule has 7 nitrogen and oxygen atoms in total. The van der Waals surface area contributed by atoms with E-state index in [9.17, 15) is 18.3 Å². The molecule has 0 spiro atoms. The number of hydrogen-bond donors (Lipinski definition) is 2. The number of sulfone groups is 1. The molecule has 0 aliphatic rings. The van der Waals surface area contributed by atoms with Gasteiger partial charge < -0.3 is 19.9 Å². The third-order valence-corrected chi connectivity index (χ3v) is 8.03. The van der Waals surface area contributed by atoms with Crippen LogP contribution in [0, 0.1) is 13.8 Å². The monoisotopic (exact) mass is 581 g/mol. The number of ether oxygens (including phenoxy) is 2. The summed E-state index contributed by atoms with van der Waals surface area (Å²) < 4.78 is 37.2. The number of benzene rings is 3.